The molecule has 0 aliphatic carbocycles. The number of carbonyl (C=O) groups excluding carboxylic acids is 1. The number of nitriles is 1. The quantitative estimate of drug-likeness (QED) is 0.523. The van der Waals surface area contributed by atoms with E-state index >= 15 is 0 Å². The van der Waals surface area contributed by atoms with Gasteiger partial charge in [-0.1, -0.05) is 16.4 Å². The molecule has 0 saturated heterocycles. The number of nitrogens with one attached hydrogen (secondary N) is 1. The van der Waals surface area contributed by atoms with Crippen molar-refractivity contribution in [2.75, 3.05) is 5.32 Å². The summed E-state index contributed by atoms with van der Waals surface area (Å²) in [4.78, 5) is 24.2. The van der Waals surface area contributed by atoms with Crippen molar-refractivity contribution < 1.29 is 23.7 Å². The number of aromatic nitrogens is 2. The normalized spacial score (nSPS) is 10.7. The van der Waals surface area contributed by atoms with E-state index in [1.165, 1.54) is 18.2 Å². The first kappa shape index (κ1) is 18.9. The molecule has 9 nitrogen and oxygen atoms in total. The smallest absolute Gasteiger partial charge is 0.337 e. The Morgan fingerprint density at radius 2 is 1.90 bits per heavy atom. The number of aromatic carboxylic acids is 1. The van der Waals surface area contributed by atoms with Gasteiger partial charge < -0.3 is 19.5 Å². The third kappa shape index (κ3) is 3.16. The molecule has 2 N–H and O–H groups in total. The third-order valence-corrected chi connectivity index (χ3v) is 4.64. The van der Waals surface area contributed by atoms with E-state index in [1.54, 1.807) is 25.1 Å². The Labute approximate surface area is 169 Å². The second-order valence-corrected chi connectivity index (χ2v) is 6.57. The number of aryl methyl sites for hydroxylation is 2. The lowest BCUT2D eigenvalue weighted by atomic mass is 10.0. The van der Waals surface area contributed by atoms with Crippen molar-refractivity contribution in [1.82, 2.24) is 10.3 Å². The predicted molar refractivity (Wildman–Crippen MR) is 105 cm³/mol. The number of hydrogen-bond acceptors (Lipinski definition) is 7. The zero-order valence-corrected chi connectivity index (χ0v) is 15.9. The highest BCUT2D eigenvalue weighted by Gasteiger charge is 2.21. The number of rotatable bonds is 4. The highest BCUT2D eigenvalue weighted by molar-refractivity contribution is 6.12. The fraction of sp³-hybridized carbons (Fsp3) is 0.0952. The van der Waals surface area contributed by atoms with Gasteiger partial charge >= 0.3 is 5.97 Å². The molecular formula is C21H14N4O5. The highest BCUT2D eigenvalue weighted by Crippen LogP contribution is 2.31. The summed E-state index contributed by atoms with van der Waals surface area (Å²) in [5.41, 5.74) is 2.79. The van der Waals surface area contributed by atoms with Crippen molar-refractivity contribution >= 4 is 28.5 Å². The Morgan fingerprint density at radius 3 is 2.57 bits per heavy atom. The topological polar surface area (TPSA) is 142 Å². The summed E-state index contributed by atoms with van der Waals surface area (Å²) in [7, 11) is 0. The standard InChI is InChI=1S/C21H14N4O5/c1-10-18(11(2)29-24-10)13-4-5-14-17(8-13)30-25-19(14)20(26)23-16-6-3-12(9-22)7-15(16)21(27)28/h3-8H,1-2H3,(H,23,26)(H,27,28). The molecule has 0 unspecified atom stereocenters. The molecule has 1 amide bonds. The van der Waals surface area contributed by atoms with E-state index in [2.05, 4.69) is 15.6 Å². The molecule has 0 spiro atoms. The van der Waals surface area contributed by atoms with Crippen LogP contribution >= 0.6 is 0 Å². The van der Waals surface area contributed by atoms with Crippen LogP contribution < -0.4 is 5.32 Å². The molecule has 30 heavy (non-hydrogen) atoms. The van der Waals surface area contributed by atoms with E-state index in [-0.39, 0.29) is 22.5 Å². The molecule has 2 aromatic carbocycles. The fourth-order valence-electron chi connectivity index (χ4n) is 3.23. The van der Waals surface area contributed by atoms with Crippen LogP contribution in [0.5, 0.6) is 0 Å². The SMILES string of the molecule is Cc1noc(C)c1-c1ccc2c(C(=O)Nc3ccc(C#N)cc3C(=O)O)noc2c1. The number of carboxylic acid groups (broad SMARTS) is 1. The average Bonchev–Trinajstić information content (AvgIpc) is 3.30. The maximum Gasteiger partial charge on any atom is 0.337 e. The van der Waals surface area contributed by atoms with Crippen molar-refractivity contribution in [2.24, 2.45) is 0 Å². The molecule has 2 heterocycles. The van der Waals surface area contributed by atoms with Gasteiger partial charge in [-0.05, 0) is 49.7 Å². The van der Waals surface area contributed by atoms with Gasteiger partial charge in [0.25, 0.3) is 5.91 Å². The van der Waals surface area contributed by atoms with E-state index in [1.807, 2.05) is 13.0 Å². The lowest BCUT2D eigenvalue weighted by Gasteiger charge is -2.07. The minimum atomic E-state index is -1.27. The number of benzene rings is 2. The largest absolute Gasteiger partial charge is 0.478 e. The first-order chi connectivity index (χ1) is 14.4. The Bertz CT molecular complexity index is 1340. The molecule has 0 radical (unpaired) electrons. The number of fused-ring (bicyclic) bond motifs is 1. The summed E-state index contributed by atoms with van der Waals surface area (Å²) in [6.07, 6.45) is 0. The third-order valence-electron chi connectivity index (χ3n) is 4.64. The Morgan fingerprint density at radius 1 is 1.10 bits per heavy atom. The fourth-order valence-corrected chi connectivity index (χ4v) is 3.23. The van der Waals surface area contributed by atoms with Crippen LogP contribution in [0, 0.1) is 25.2 Å². The van der Waals surface area contributed by atoms with Crippen LogP contribution in [-0.4, -0.2) is 27.3 Å². The first-order valence-corrected chi connectivity index (χ1v) is 8.80. The highest BCUT2D eigenvalue weighted by atomic mass is 16.5. The van der Waals surface area contributed by atoms with Gasteiger partial charge in [-0.25, -0.2) is 4.79 Å². The Hall–Kier alpha value is -4.45. The van der Waals surface area contributed by atoms with Gasteiger partial charge in [-0.2, -0.15) is 5.26 Å². The molecule has 0 saturated carbocycles. The van der Waals surface area contributed by atoms with Gasteiger partial charge in [-0.15, -0.1) is 0 Å². The van der Waals surface area contributed by atoms with Gasteiger partial charge in [-0.3, -0.25) is 4.79 Å². The number of nitrogens with zero attached hydrogens (tertiary/aromatic N) is 3. The van der Waals surface area contributed by atoms with Crippen LogP contribution in [0.25, 0.3) is 22.1 Å². The minimum absolute atomic E-state index is 0.0102. The van der Waals surface area contributed by atoms with Crippen molar-refractivity contribution in [2.45, 2.75) is 13.8 Å². The lowest BCUT2D eigenvalue weighted by Crippen LogP contribution is -2.15. The van der Waals surface area contributed by atoms with E-state index in [0.717, 1.165) is 16.8 Å². The molecule has 0 aliphatic heterocycles. The summed E-state index contributed by atoms with van der Waals surface area (Å²) >= 11 is 0. The van der Waals surface area contributed by atoms with Gasteiger partial charge in [0.15, 0.2) is 11.3 Å². The summed E-state index contributed by atoms with van der Waals surface area (Å²) in [6.45, 7) is 3.63. The number of hydrogen-bond donors (Lipinski definition) is 2. The van der Waals surface area contributed by atoms with Crippen LogP contribution in [-0.2, 0) is 0 Å². The Balaban J connectivity index is 1.69. The predicted octanol–water partition coefficient (Wildman–Crippen LogP) is 3.92. The maximum atomic E-state index is 12.7. The molecule has 4 aromatic rings. The first-order valence-electron chi connectivity index (χ1n) is 8.80. The summed E-state index contributed by atoms with van der Waals surface area (Å²) in [5, 5.41) is 29.1. The summed E-state index contributed by atoms with van der Waals surface area (Å²) < 4.78 is 10.5. The molecular weight excluding hydrogens is 388 g/mol. The number of amides is 1. The van der Waals surface area contributed by atoms with Gasteiger partial charge in [0.1, 0.15) is 5.76 Å². The molecule has 0 aliphatic rings. The van der Waals surface area contributed by atoms with Crippen molar-refractivity contribution in [3.63, 3.8) is 0 Å². The summed E-state index contributed by atoms with van der Waals surface area (Å²) in [5.74, 6) is -1.24. The van der Waals surface area contributed by atoms with Crippen LogP contribution in [0.3, 0.4) is 0 Å². The Kier molecular flexibility index (Phi) is 4.52. The van der Waals surface area contributed by atoms with Gasteiger partial charge in [0, 0.05) is 5.56 Å². The molecule has 0 atom stereocenters. The number of carbonyl (C=O) groups is 2. The van der Waals surface area contributed by atoms with E-state index < -0.39 is 11.9 Å². The summed E-state index contributed by atoms with van der Waals surface area (Å²) in [6, 6.07) is 11.1. The molecule has 4 rings (SSSR count). The average molecular weight is 402 g/mol. The monoisotopic (exact) mass is 402 g/mol. The van der Waals surface area contributed by atoms with E-state index in [0.29, 0.717) is 16.7 Å². The van der Waals surface area contributed by atoms with Crippen LogP contribution in [0.4, 0.5) is 5.69 Å². The van der Waals surface area contributed by atoms with Crippen molar-refractivity contribution in [3.05, 3.63) is 64.7 Å². The number of anilines is 1. The van der Waals surface area contributed by atoms with Crippen LogP contribution in [0.15, 0.2) is 45.4 Å². The zero-order chi connectivity index (χ0) is 21.4. The van der Waals surface area contributed by atoms with Crippen molar-refractivity contribution in [1.29, 1.82) is 5.26 Å². The van der Waals surface area contributed by atoms with E-state index in [9.17, 15) is 14.7 Å². The minimum Gasteiger partial charge on any atom is -0.478 e. The van der Waals surface area contributed by atoms with Crippen LogP contribution in [0.2, 0.25) is 0 Å². The molecule has 148 valence electrons. The second kappa shape index (κ2) is 7.18. The molecule has 9 heteroatoms. The van der Waals surface area contributed by atoms with Crippen molar-refractivity contribution in [3.8, 4) is 17.2 Å². The maximum absolute atomic E-state index is 12.7. The molecule has 0 fully saturated rings. The molecule has 2 aromatic heterocycles. The number of carboxylic acids is 1. The van der Waals surface area contributed by atoms with Gasteiger partial charge in [0.2, 0.25) is 0 Å². The van der Waals surface area contributed by atoms with E-state index in [4.69, 9.17) is 14.3 Å². The zero-order valence-electron chi connectivity index (χ0n) is 15.9. The van der Waals surface area contributed by atoms with Crippen LogP contribution in [0.1, 0.15) is 37.9 Å². The lowest BCUT2D eigenvalue weighted by molar-refractivity contribution is 0.0698. The molecule has 0 bridgehead atoms. The second-order valence-electron chi connectivity index (χ2n) is 6.57. The van der Waals surface area contributed by atoms with Gasteiger partial charge in [0.05, 0.1) is 34.0 Å².